The molecule has 6 heteroatoms. The molecule has 0 saturated heterocycles. The molecule has 0 aromatic heterocycles. The summed E-state index contributed by atoms with van der Waals surface area (Å²) >= 11 is 0. The van der Waals surface area contributed by atoms with Crippen LogP contribution in [0.5, 0.6) is 0 Å². The van der Waals surface area contributed by atoms with Crippen molar-refractivity contribution in [1.29, 1.82) is 0 Å². The summed E-state index contributed by atoms with van der Waals surface area (Å²) in [6.45, 7) is 1.27. The predicted molar refractivity (Wildman–Crippen MR) is 54.8 cm³/mol. The summed E-state index contributed by atoms with van der Waals surface area (Å²) in [4.78, 5) is 19.4. The number of unbranched alkanes of at least 4 members (excludes halogenated alkanes) is 1. The summed E-state index contributed by atoms with van der Waals surface area (Å²) in [6.07, 6.45) is 3.18. The minimum absolute atomic E-state index is 0.0192. The van der Waals surface area contributed by atoms with E-state index in [1.54, 1.807) is 7.05 Å². The van der Waals surface area contributed by atoms with Crippen LogP contribution in [-0.2, 0) is 9.63 Å². The standard InChI is InChI=1S/C8H18N4O2/c1-10-7-12-14-6-8(13)11-5-3-2-4-9/h7H,2-6,9H2,1H3,(H,10,12)(H,11,13). The lowest BCUT2D eigenvalue weighted by Crippen LogP contribution is -2.31. The van der Waals surface area contributed by atoms with E-state index >= 15 is 0 Å². The van der Waals surface area contributed by atoms with Gasteiger partial charge in [0.2, 0.25) is 5.91 Å². The van der Waals surface area contributed by atoms with Crippen LogP contribution in [0.4, 0.5) is 0 Å². The van der Waals surface area contributed by atoms with Gasteiger partial charge in [0.1, 0.15) is 6.34 Å². The number of nitrogens with zero attached hydrogens (tertiary/aromatic N) is 1. The van der Waals surface area contributed by atoms with Crippen molar-refractivity contribution in [3.63, 3.8) is 0 Å². The molecule has 0 saturated carbocycles. The molecule has 0 aliphatic carbocycles. The van der Waals surface area contributed by atoms with Gasteiger partial charge >= 0.3 is 0 Å². The first kappa shape index (κ1) is 12.9. The van der Waals surface area contributed by atoms with Gasteiger partial charge in [-0.15, -0.1) is 0 Å². The van der Waals surface area contributed by atoms with Crippen LogP contribution in [0.15, 0.2) is 4.99 Å². The number of hydroxylamine groups is 1. The third-order valence-corrected chi connectivity index (χ3v) is 1.42. The summed E-state index contributed by atoms with van der Waals surface area (Å²) in [6, 6.07) is 0. The Morgan fingerprint density at radius 3 is 3.00 bits per heavy atom. The molecule has 14 heavy (non-hydrogen) atoms. The zero-order valence-corrected chi connectivity index (χ0v) is 8.45. The fourth-order valence-corrected chi connectivity index (χ4v) is 0.745. The minimum Gasteiger partial charge on any atom is -0.354 e. The van der Waals surface area contributed by atoms with Crippen molar-refractivity contribution in [2.24, 2.45) is 10.7 Å². The average Bonchev–Trinajstić information content (AvgIpc) is 2.19. The zero-order valence-electron chi connectivity index (χ0n) is 8.45. The molecule has 0 rings (SSSR count). The van der Waals surface area contributed by atoms with Crippen molar-refractivity contribution in [1.82, 2.24) is 10.8 Å². The van der Waals surface area contributed by atoms with Gasteiger partial charge in [-0.25, -0.2) is 0 Å². The second-order valence-corrected chi connectivity index (χ2v) is 2.64. The van der Waals surface area contributed by atoms with Gasteiger partial charge in [-0.2, -0.15) is 0 Å². The number of carbonyl (C=O) groups is 1. The Bertz CT molecular complexity index is 173. The highest BCUT2D eigenvalue weighted by Crippen LogP contribution is 1.82. The number of hydrogen-bond donors (Lipinski definition) is 3. The summed E-state index contributed by atoms with van der Waals surface area (Å²) in [5, 5.41) is 2.69. The van der Waals surface area contributed by atoms with Crippen LogP contribution in [0.1, 0.15) is 12.8 Å². The van der Waals surface area contributed by atoms with Crippen molar-refractivity contribution in [2.45, 2.75) is 12.8 Å². The molecule has 0 aromatic carbocycles. The fourth-order valence-electron chi connectivity index (χ4n) is 0.745. The molecule has 4 N–H and O–H groups in total. The Labute approximate surface area is 83.9 Å². The van der Waals surface area contributed by atoms with E-state index in [2.05, 4.69) is 15.8 Å². The number of carbonyl (C=O) groups excluding carboxylic acids is 1. The summed E-state index contributed by atoms with van der Waals surface area (Å²) in [7, 11) is 1.60. The van der Waals surface area contributed by atoms with Crippen LogP contribution in [0.2, 0.25) is 0 Å². The molecular formula is C8H18N4O2. The molecule has 1 amide bonds. The number of hydrogen-bond acceptors (Lipinski definition) is 4. The van der Waals surface area contributed by atoms with Crippen LogP contribution in [0.3, 0.4) is 0 Å². The van der Waals surface area contributed by atoms with E-state index in [0.717, 1.165) is 12.8 Å². The molecule has 6 nitrogen and oxygen atoms in total. The SMILES string of the molecule is CN=CNOCC(=O)NCCCCN. The molecule has 0 radical (unpaired) electrons. The van der Waals surface area contributed by atoms with E-state index < -0.39 is 0 Å². The first-order chi connectivity index (χ1) is 6.81. The van der Waals surface area contributed by atoms with Crippen LogP contribution in [0.25, 0.3) is 0 Å². The van der Waals surface area contributed by atoms with Crippen molar-refractivity contribution in [3.8, 4) is 0 Å². The summed E-state index contributed by atoms with van der Waals surface area (Å²) in [5.41, 5.74) is 7.69. The highest BCUT2D eigenvalue weighted by Gasteiger charge is 1.98. The molecule has 82 valence electrons. The monoisotopic (exact) mass is 202 g/mol. The Morgan fingerprint density at radius 2 is 2.36 bits per heavy atom. The third-order valence-electron chi connectivity index (χ3n) is 1.42. The maximum absolute atomic E-state index is 11.0. The van der Waals surface area contributed by atoms with E-state index in [4.69, 9.17) is 10.6 Å². The number of nitrogens with two attached hydrogens (primary N) is 1. The number of rotatable bonds is 8. The van der Waals surface area contributed by atoms with Crippen LogP contribution in [-0.4, -0.2) is 39.0 Å². The second-order valence-electron chi connectivity index (χ2n) is 2.64. The first-order valence-electron chi connectivity index (χ1n) is 4.56. The molecule has 0 bridgehead atoms. The van der Waals surface area contributed by atoms with E-state index in [1.807, 2.05) is 0 Å². The Morgan fingerprint density at radius 1 is 1.57 bits per heavy atom. The van der Waals surface area contributed by atoms with E-state index in [9.17, 15) is 4.79 Å². The highest BCUT2D eigenvalue weighted by atomic mass is 16.6. The number of nitrogens with one attached hydrogen (secondary N) is 2. The van der Waals surface area contributed by atoms with Crippen molar-refractivity contribution >= 4 is 12.2 Å². The zero-order chi connectivity index (χ0) is 10.6. The van der Waals surface area contributed by atoms with Gasteiger partial charge in [0.15, 0.2) is 6.61 Å². The maximum atomic E-state index is 11.0. The molecule has 0 unspecified atom stereocenters. The molecule has 0 fully saturated rings. The molecule has 0 aromatic rings. The molecule has 0 aliphatic rings. The molecular weight excluding hydrogens is 184 g/mol. The van der Waals surface area contributed by atoms with Gasteiger partial charge in [0.25, 0.3) is 0 Å². The van der Waals surface area contributed by atoms with Gasteiger partial charge in [-0.1, -0.05) is 0 Å². The molecule has 0 spiro atoms. The lowest BCUT2D eigenvalue weighted by Gasteiger charge is -2.04. The van der Waals surface area contributed by atoms with Crippen molar-refractivity contribution < 1.29 is 9.63 Å². The number of aliphatic imine (C=N–C) groups is 1. The van der Waals surface area contributed by atoms with E-state index in [1.165, 1.54) is 6.34 Å². The largest absolute Gasteiger partial charge is 0.354 e. The molecule has 0 aliphatic heterocycles. The third kappa shape index (κ3) is 8.95. The van der Waals surface area contributed by atoms with Crippen molar-refractivity contribution in [2.75, 3.05) is 26.7 Å². The Kier molecular flexibility index (Phi) is 9.13. The minimum atomic E-state index is -0.154. The topological polar surface area (TPSA) is 88.7 Å². The average molecular weight is 202 g/mol. The van der Waals surface area contributed by atoms with Crippen LogP contribution in [0, 0.1) is 0 Å². The van der Waals surface area contributed by atoms with Crippen LogP contribution < -0.4 is 16.5 Å². The summed E-state index contributed by atoms with van der Waals surface area (Å²) in [5.74, 6) is -0.154. The van der Waals surface area contributed by atoms with Crippen LogP contribution >= 0.6 is 0 Å². The van der Waals surface area contributed by atoms with E-state index in [0.29, 0.717) is 13.1 Å². The van der Waals surface area contributed by atoms with Gasteiger partial charge in [0.05, 0.1) is 0 Å². The lowest BCUT2D eigenvalue weighted by molar-refractivity contribution is -0.127. The fraction of sp³-hybridized carbons (Fsp3) is 0.750. The maximum Gasteiger partial charge on any atom is 0.248 e. The van der Waals surface area contributed by atoms with Gasteiger partial charge in [-0.3, -0.25) is 20.1 Å². The second kappa shape index (κ2) is 9.94. The molecule has 0 heterocycles. The Hall–Kier alpha value is -1.14. The smallest absolute Gasteiger partial charge is 0.248 e. The lowest BCUT2D eigenvalue weighted by atomic mass is 10.3. The van der Waals surface area contributed by atoms with Crippen molar-refractivity contribution in [3.05, 3.63) is 0 Å². The van der Waals surface area contributed by atoms with Gasteiger partial charge in [0, 0.05) is 13.6 Å². The van der Waals surface area contributed by atoms with Gasteiger partial charge in [-0.05, 0) is 19.4 Å². The van der Waals surface area contributed by atoms with Gasteiger partial charge < -0.3 is 11.1 Å². The molecule has 0 atom stereocenters. The quantitative estimate of drug-likeness (QED) is 0.204. The van der Waals surface area contributed by atoms with E-state index in [-0.39, 0.29) is 12.5 Å². The highest BCUT2D eigenvalue weighted by molar-refractivity contribution is 5.77. The predicted octanol–water partition coefficient (Wildman–Crippen LogP) is -0.979. The summed E-state index contributed by atoms with van der Waals surface area (Å²) < 4.78 is 0. The Balaban J connectivity index is 3.19. The number of amides is 1. The normalized spacial score (nSPS) is 10.4. The first-order valence-corrected chi connectivity index (χ1v) is 4.56.